The van der Waals surface area contributed by atoms with E-state index in [9.17, 15) is 13.2 Å². The van der Waals surface area contributed by atoms with E-state index in [0.29, 0.717) is 32.8 Å². The highest BCUT2D eigenvalue weighted by Gasteiger charge is 2.33. The Hall–Kier alpha value is -2.91. The Morgan fingerprint density at radius 3 is 2.29 bits per heavy atom. The molecule has 2 N–H and O–H groups in total. The normalized spacial score (nSPS) is 11.7. The predicted octanol–water partition coefficient (Wildman–Crippen LogP) is 7.17. The molecule has 0 aliphatic heterocycles. The van der Waals surface area contributed by atoms with E-state index in [4.69, 9.17) is 11.6 Å². The topological polar surface area (TPSA) is 62.7 Å². The maximum atomic E-state index is 13.0. The van der Waals surface area contributed by atoms with Gasteiger partial charge in [0.25, 0.3) is 0 Å². The van der Waals surface area contributed by atoms with Crippen LogP contribution in [-0.4, -0.2) is 15.0 Å². The Morgan fingerprint density at radius 2 is 1.65 bits per heavy atom. The van der Waals surface area contributed by atoms with Gasteiger partial charge in [0.05, 0.1) is 10.6 Å². The predicted molar refractivity (Wildman–Crippen MR) is 119 cm³/mol. The van der Waals surface area contributed by atoms with Crippen molar-refractivity contribution in [1.82, 2.24) is 15.0 Å². The summed E-state index contributed by atoms with van der Waals surface area (Å²) < 4.78 is 38.9. The van der Waals surface area contributed by atoms with Crippen molar-refractivity contribution >= 4 is 55.6 Å². The maximum absolute atomic E-state index is 13.0. The lowest BCUT2D eigenvalue weighted by Crippen LogP contribution is -2.06. The van der Waals surface area contributed by atoms with Crippen molar-refractivity contribution in [3.8, 4) is 0 Å². The molecule has 0 saturated carbocycles. The Labute approximate surface area is 185 Å². The smallest absolute Gasteiger partial charge is 0.338 e. The molecule has 10 heteroatoms. The largest absolute Gasteiger partial charge is 0.417 e. The van der Waals surface area contributed by atoms with Gasteiger partial charge in [-0.25, -0.2) is 15.0 Å². The quantitative estimate of drug-likeness (QED) is 0.336. The third kappa shape index (κ3) is 4.42. The van der Waals surface area contributed by atoms with Crippen LogP contribution < -0.4 is 10.6 Å². The summed E-state index contributed by atoms with van der Waals surface area (Å²) in [6, 6.07) is 9.46. The van der Waals surface area contributed by atoms with Gasteiger partial charge in [-0.3, -0.25) is 0 Å². The van der Waals surface area contributed by atoms with Crippen molar-refractivity contribution in [2.24, 2.45) is 0 Å². The van der Waals surface area contributed by atoms with Crippen LogP contribution in [0.4, 0.5) is 35.5 Å². The molecule has 0 aliphatic carbocycles. The van der Waals surface area contributed by atoms with E-state index >= 15 is 0 Å². The van der Waals surface area contributed by atoms with Crippen molar-refractivity contribution in [2.75, 3.05) is 10.6 Å². The number of alkyl halides is 3. The van der Waals surface area contributed by atoms with Crippen molar-refractivity contribution in [3.63, 3.8) is 0 Å². The highest BCUT2D eigenvalue weighted by Crippen LogP contribution is 2.37. The Balaban J connectivity index is 1.70. The minimum absolute atomic E-state index is 0.370. The highest BCUT2D eigenvalue weighted by molar-refractivity contribution is 7.21. The molecule has 2 heterocycles. The standard InChI is InChI=1S/C21H17ClF3N5S/c1-10-5-4-6-11(2)16(10)29-20-30-17-18(26-12(3)27-19(17)31-20)28-13-7-8-14(15(22)9-13)21(23,24)25/h4-9H,1-3H3,(H,29,30)(H,26,27,28). The zero-order valence-corrected chi connectivity index (χ0v) is 18.3. The van der Waals surface area contributed by atoms with E-state index in [2.05, 4.69) is 25.6 Å². The van der Waals surface area contributed by atoms with Gasteiger partial charge in [0.15, 0.2) is 15.8 Å². The molecule has 2 aromatic heterocycles. The summed E-state index contributed by atoms with van der Waals surface area (Å²) in [5, 5.41) is 6.61. The molecule has 0 bridgehead atoms. The van der Waals surface area contributed by atoms with Crippen molar-refractivity contribution in [1.29, 1.82) is 0 Å². The van der Waals surface area contributed by atoms with Gasteiger partial charge in [0.2, 0.25) is 0 Å². The molecular formula is C21H17ClF3N5S. The molecule has 2 aromatic carbocycles. The lowest BCUT2D eigenvalue weighted by Gasteiger charge is -2.12. The van der Waals surface area contributed by atoms with Crippen LogP contribution in [0.2, 0.25) is 5.02 Å². The summed E-state index contributed by atoms with van der Waals surface area (Å²) in [5.74, 6) is 0.902. The van der Waals surface area contributed by atoms with E-state index in [0.717, 1.165) is 22.9 Å². The molecule has 0 fully saturated rings. The first-order chi connectivity index (χ1) is 14.6. The van der Waals surface area contributed by atoms with Gasteiger partial charge in [-0.2, -0.15) is 13.2 Å². The van der Waals surface area contributed by atoms with Crippen molar-refractivity contribution in [2.45, 2.75) is 26.9 Å². The number of nitrogens with zero attached hydrogens (tertiary/aromatic N) is 3. The van der Waals surface area contributed by atoms with Crippen LogP contribution in [0.3, 0.4) is 0 Å². The van der Waals surface area contributed by atoms with Crippen LogP contribution in [0, 0.1) is 20.8 Å². The van der Waals surface area contributed by atoms with Gasteiger partial charge in [0, 0.05) is 11.4 Å². The van der Waals surface area contributed by atoms with Crippen LogP contribution in [0.15, 0.2) is 36.4 Å². The summed E-state index contributed by atoms with van der Waals surface area (Å²) in [6.45, 7) is 5.75. The Kier molecular flexibility index (Phi) is 5.49. The summed E-state index contributed by atoms with van der Waals surface area (Å²) in [7, 11) is 0. The number of aryl methyl sites for hydroxylation is 3. The second-order valence-corrected chi connectivity index (χ2v) is 8.39. The van der Waals surface area contributed by atoms with E-state index in [1.807, 2.05) is 32.0 Å². The number of fused-ring (bicyclic) bond motifs is 1. The molecule has 0 aliphatic rings. The molecule has 0 spiro atoms. The molecule has 0 saturated heterocycles. The number of hydrogen-bond donors (Lipinski definition) is 2. The van der Waals surface area contributed by atoms with Crippen LogP contribution in [0.1, 0.15) is 22.5 Å². The molecule has 0 amide bonds. The van der Waals surface area contributed by atoms with Gasteiger partial charge >= 0.3 is 6.18 Å². The second-order valence-electron chi connectivity index (χ2n) is 7.00. The summed E-state index contributed by atoms with van der Waals surface area (Å²) >= 11 is 7.21. The van der Waals surface area contributed by atoms with Crippen LogP contribution in [0.25, 0.3) is 10.3 Å². The van der Waals surface area contributed by atoms with Gasteiger partial charge in [-0.1, -0.05) is 41.1 Å². The molecule has 4 aromatic rings. The third-order valence-corrected chi connectivity index (χ3v) is 5.80. The molecule has 4 rings (SSSR count). The van der Waals surface area contributed by atoms with E-state index in [1.165, 1.54) is 23.5 Å². The Morgan fingerprint density at radius 1 is 0.935 bits per heavy atom. The van der Waals surface area contributed by atoms with Crippen LogP contribution in [-0.2, 0) is 6.18 Å². The number of nitrogens with one attached hydrogen (secondary N) is 2. The SMILES string of the molecule is Cc1nc(Nc2ccc(C(F)(F)F)c(Cl)c2)c2nc(Nc3c(C)cccc3C)sc2n1. The molecule has 0 radical (unpaired) electrons. The number of para-hydroxylation sites is 1. The second kappa shape index (κ2) is 7.97. The monoisotopic (exact) mass is 463 g/mol. The fourth-order valence-corrected chi connectivity index (χ4v) is 4.33. The molecule has 160 valence electrons. The highest BCUT2D eigenvalue weighted by atomic mass is 35.5. The number of halogens is 4. The summed E-state index contributed by atoms with van der Waals surface area (Å²) in [6.07, 6.45) is -4.52. The lowest BCUT2D eigenvalue weighted by molar-refractivity contribution is -0.137. The number of rotatable bonds is 4. The van der Waals surface area contributed by atoms with Gasteiger partial charge in [0.1, 0.15) is 11.3 Å². The fraction of sp³-hybridized carbons (Fsp3) is 0.190. The van der Waals surface area contributed by atoms with Crippen molar-refractivity contribution < 1.29 is 13.2 Å². The number of anilines is 4. The average Bonchev–Trinajstić information content (AvgIpc) is 3.06. The zero-order chi connectivity index (χ0) is 22.3. The molecule has 0 atom stereocenters. The summed E-state index contributed by atoms with van der Waals surface area (Å²) in [4.78, 5) is 14.1. The molecule has 5 nitrogen and oxygen atoms in total. The number of benzene rings is 2. The number of thiazole rings is 1. The molecule has 0 unspecified atom stereocenters. The summed E-state index contributed by atoms with van der Waals surface area (Å²) in [5.41, 5.74) is 3.13. The molecule has 31 heavy (non-hydrogen) atoms. The minimum Gasteiger partial charge on any atom is -0.338 e. The number of hydrogen-bond acceptors (Lipinski definition) is 6. The van der Waals surface area contributed by atoms with E-state index < -0.39 is 16.8 Å². The van der Waals surface area contributed by atoms with E-state index in [-0.39, 0.29) is 0 Å². The fourth-order valence-electron chi connectivity index (χ4n) is 3.15. The number of aromatic nitrogens is 3. The lowest BCUT2D eigenvalue weighted by atomic mass is 10.1. The zero-order valence-electron chi connectivity index (χ0n) is 16.7. The third-order valence-electron chi connectivity index (χ3n) is 4.62. The van der Waals surface area contributed by atoms with Gasteiger partial charge < -0.3 is 10.6 Å². The first-order valence-electron chi connectivity index (χ1n) is 9.24. The van der Waals surface area contributed by atoms with Gasteiger partial charge in [-0.05, 0) is 50.1 Å². The van der Waals surface area contributed by atoms with Gasteiger partial charge in [-0.15, -0.1) is 0 Å². The Bertz CT molecular complexity index is 1270. The maximum Gasteiger partial charge on any atom is 0.417 e. The average molecular weight is 464 g/mol. The van der Waals surface area contributed by atoms with Crippen LogP contribution in [0.5, 0.6) is 0 Å². The van der Waals surface area contributed by atoms with Crippen LogP contribution >= 0.6 is 22.9 Å². The minimum atomic E-state index is -4.52. The first-order valence-corrected chi connectivity index (χ1v) is 10.4. The first kappa shape index (κ1) is 21.3. The van der Waals surface area contributed by atoms with Crippen molar-refractivity contribution in [3.05, 3.63) is 63.9 Å². The van der Waals surface area contributed by atoms with E-state index in [1.54, 1.807) is 6.92 Å². The molecular weight excluding hydrogens is 447 g/mol.